The van der Waals surface area contributed by atoms with Crippen molar-refractivity contribution in [1.29, 1.82) is 0 Å². The van der Waals surface area contributed by atoms with Crippen LogP contribution < -0.4 is 4.57 Å². The third kappa shape index (κ3) is 3.13. The van der Waals surface area contributed by atoms with Gasteiger partial charge in [-0.3, -0.25) is 4.74 Å². The van der Waals surface area contributed by atoms with E-state index in [-0.39, 0.29) is 4.57 Å². The van der Waals surface area contributed by atoms with Crippen LogP contribution in [0, 0.1) is 0 Å². The van der Waals surface area contributed by atoms with Gasteiger partial charge in [0.25, 0.3) is 0 Å². The summed E-state index contributed by atoms with van der Waals surface area (Å²) in [6.45, 7) is 0. The van der Waals surface area contributed by atoms with Crippen molar-refractivity contribution >= 4 is 0 Å². The summed E-state index contributed by atoms with van der Waals surface area (Å²) in [5.41, 5.74) is 0. The van der Waals surface area contributed by atoms with Gasteiger partial charge in [0.2, 0.25) is 6.33 Å². The Kier molecular flexibility index (Phi) is 4.44. The Morgan fingerprint density at radius 2 is 1.50 bits per heavy atom. The molecule has 0 aliphatic rings. The zero-order valence-electron chi connectivity index (χ0n) is 10.4. The second kappa shape index (κ2) is 5.28. The van der Waals surface area contributed by atoms with Crippen LogP contribution in [0.5, 0.6) is 0 Å². The SMILES string of the molecule is Cn1cc[n+](C(F)(F)C(F)OC(F)(F)C(F)(F)C(F)(F)F)c1. The molecule has 22 heavy (non-hydrogen) atoms. The molecule has 1 atom stereocenters. The minimum absolute atomic E-state index is 0.334. The molecule has 0 saturated heterocycles. The van der Waals surface area contributed by atoms with Crippen LogP contribution >= 0.6 is 0 Å². The Morgan fingerprint density at radius 3 is 1.86 bits per heavy atom. The first-order valence-electron chi connectivity index (χ1n) is 5.18. The molecule has 1 unspecified atom stereocenters. The average Bonchev–Trinajstić information content (AvgIpc) is 2.74. The molecule has 1 heterocycles. The summed E-state index contributed by atoms with van der Waals surface area (Å²) in [6.07, 6.45) is -16.0. The highest BCUT2D eigenvalue weighted by Gasteiger charge is 2.76. The predicted octanol–water partition coefficient (Wildman–Crippen LogP) is 2.96. The van der Waals surface area contributed by atoms with Gasteiger partial charge in [-0.15, -0.1) is 0 Å². The Labute approximate surface area is 115 Å². The third-order valence-corrected chi connectivity index (χ3v) is 2.36. The number of alkyl halides is 10. The van der Waals surface area contributed by atoms with E-state index in [9.17, 15) is 43.9 Å². The maximum atomic E-state index is 13.4. The molecule has 0 radical (unpaired) electrons. The summed E-state index contributed by atoms with van der Waals surface area (Å²) < 4.78 is 128. The number of nitrogens with zero attached hydrogens (tertiary/aromatic N) is 2. The average molecular weight is 349 g/mol. The normalized spacial score (nSPS) is 16.0. The lowest BCUT2D eigenvalue weighted by Crippen LogP contribution is -2.60. The molecular weight excluding hydrogens is 342 g/mol. The van der Waals surface area contributed by atoms with E-state index in [1.54, 1.807) is 0 Å². The summed E-state index contributed by atoms with van der Waals surface area (Å²) in [5.74, 6) is -6.86. The third-order valence-electron chi connectivity index (χ3n) is 2.36. The van der Waals surface area contributed by atoms with Crippen molar-refractivity contribution in [3.05, 3.63) is 18.7 Å². The summed E-state index contributed by atoms with van der Waals surface area (Å²) in [7, 11) is 1.17. The van der Waals surface area contributed by atoms with Crippen molar-refractivity contribution in [3.8, 4) is 0 Å². The number of aryl methyl sites for hydroxylation is 1. The van der Waals surface area contributed by atoms with E-state index in [1.165, 1.54) is 7.05 Å². The van der Waals surface area contributed by atoms with Crippen molar-refractivity contribution < 1.29 is 53.2 Å². The molecule has 0 N–H and O–H groups in total. The van der Waals surface area contributed by atoms with Crippen molar-refractivity contribution in [3.63, 3.8) is 0 Å². The smallest absolute Gasteiger partial charge is 0.270 e. The van der Waals surface area contributed by atoms with E-state index in [1.807, 2.05) is 0 Å². The molecule has 0 saturated carbocycles. The molecule has 0 bridgehead atoms. The quantitative estimate of drug-likeness (QED) is 0.591. The Balaban J connectivity index is 3.02. The van der Waals surface area contributed by atoms with Gasteiger partial charge in [0, 0.05) is 0 Å². The Hall–Kier alpha value is -1.53. The van der Waals surface area contributed by atoms with Gasteiger partial charge in [-0.1, -0.05) is 0 Å². The Morgan fingerprint density at radius 1 is 1.00 bits per heavy atom. The first-order valence-corrected chi connectivity index (χ1v) is 5.18. The second-order valence-electron chi connectivity index (χ2n) is 4.10. The van der Waals surface area contributed by atoms with Crippen molar-refractivity contribution in [2.24, 2.45) is 7.05 Å². The fourth-order valence-corrected chi connectivity index (χ4v) is 1.18. The molecule has 3 nitrogen and oxygen atoms in total. The molecule has 0 aliphatic heterocycles. The fraction of sp³-hybridized carbons (Fsp3) is 0.667. The van der Waals surface area contributed by atoms with Crippen LogP contribution in [0.25, 0.3) is 0 Å². The minimum Gasteiger partial charge on any atom is -0.270 e. The predicted molar refractivity (Wildman–Crippen MR) is 47.7 cm³/mol. The zero-order chi connectivity index (χ0) is 17.6. The highest BCUT2D eigenvalue weighted by Crippen LogP contribution is 2.48. The first kappa shape index (κ1) is 18.5. The lowest BCUT2D eigenvalue weighted by atomic mass is 10.3. The molecule has 128 valence electrons. The lowest BCUT2D eigenvalue weighted by molar-refractivity contribution is -0.839. The summed E-state index contributed by atoms with van der Waals surface area (Å²) >= 11 is 0. The maximum absolute atomic E-state index is 13.4. The van der Waals surface area contributed by atoms with Crippen LogP contribution in [0.2, 0.25) is 0 Å². The van der Waals surface area contributed by atoms with Gasteiger partial charge in [0.1, 0.15) is 12.4 Å². The molecular formula is C9H7F10N2O+. The number of ether oxygens (including phenoxy) is 1. The highest BCUT2D eigenvalue weighted by atomic mass is 19.4. The standard InChI is InChI=1S/C9H7F10N2O/c1-20-2-3-21(4-20)6(11,12)5(10)22-9(18,19)7(13,14)8(15,16)17/h2-5H,1H3/q+1. The van der Waals surface area contributed by atoms with Gasteiger partial charge in [-0.05, 0) is 0 Å². The minimum atomic E-state index is -6.86. The summed E-state index contributed by atoms with van der Waals surface area (Å²) in [5, 5.41) is 0. The van der Waals surface area contributed by atoms with E-state index >= 15 is 0 Å². The number of hydrogen-bond donors (Lipinski definition) is 0. The van der Waals surface area contributed by atoms with Crippen LogP contribution in [0.1, 0.15) is 0 Å². The lowest BCUT2D eigenvalue weighted by Gasteiger charge is -2.29. The van der Waals surface area contributed by atoms with Gasteiger partial charge in [-0.25, -0.2) is 8.96 Å². The maximum Gasteiger partial charge on any atom is 0.462 e. The fourth-order valence-electron chi connectivity index (χ4n) is 1.18. The number of rotatable bonds is 5. The number of aromatic nitrogens is 2. The van der Waals surface area contributed by atoms with E-state index in [4.69, 9.17) is 0 Å². The summed E-state index contributed by atoms with van der Waals surface area (Å²) in [6, 6.07) is -4.95. The van der Waals surface area contributed by atoms with Crippen LogP contribution in [0.3, 0.4) is 0 Å². The molecule has 0 aromatic carbocycles. The van der Waals surface area contributed by atoms with E-state index < -0.39 is 30.6 Å². The number of halogens is 10. The monoisotopic (exact) mass is 349 g/mol. The van der Waals surface area contributed by atoms with Crippen molar-refractivity contribution in [1.82, 2.24) is 4.57 Å². The van der Waals surface area contributed by atoms with E-state index in [2.05, 4.69) is 4.74 Å². The number of imidazole rings is 1. The van der Waals surface area contributed by atoms with E-state index in [0.717, 1.165) is 10.8 Å². The van der Waals surface area contributed by atoms with Crippen molar-refractivity contribution in [2.45, 2.75) is 30.6 Å². The van der Waals surface area contributed by atoms with Gasteiger partial charge in [0.15, 0.2) is 0 Å². The van der Waals surface area contributed by atoms with Gasteiger partial charge >= 0.3 is 30.6 Å². The molecule has 0 spiro atoms. The second-order valence-corrected chi connectivity index (χ2v) is 4.10. The topological polar surface area (TPSA) is 18.0 Å². The first-order chi connectivity index (χ1) is 9.63. The zero-order valence-corrected chi connectivity index (χ0v) is 10.4. The molecule has 0 aliphatic carbocycles. The molecule has 1 rings (SSSR count). The van der Waals surface area contributed by atoms with E-state index in [0.29, 0.717) is 12.5 Å². The van der Waals surface area contributed by atoms with Crippen molar-refractivity contribution in [2.75, 3.05) is 0 Å². The largest absolute Gasteiger partial charge is 0.462 e. The van der Waals surface area contributed by atoms with Crippen LogP contribution in [0.15, 0.2) is 18.7 Å². The van der Waals surface area contributed by atoms with Gasteiger partial charge < -0.3 is 0 Å². The van der Waals surface area contributed by atoms with Gasteiger partial charge in [0.05, 0.1) is 7.05 Å². The molecule has 0 fully saturated rings. The highest BCUT2D eigenvalue weighted by molar-refractivity contribution is 4.85. The van der Waals surface area contributed by atoms with Gasteiger partial charge in [-0.2, -0.15) is 44.1 Å². The molecule has 1 aromatic heterocycles. The van der Waals surface area contributed by atoms with Crippen LogP contribution in [-0.4, -0.2) is 29.1 Å². The summed E-state index contributed by atoms with van der Waals surface area (Å²) in [4.78, 5) is 0. The van der Waals surface area contributed by atoms with Crippen LogP contribution in [-0.2, 0) is 17.8 Å². The molecule has 13 heteroatoms. The van der Waals surface area contributed by atoms with Crippen LogP contribution in [0.4, 0.5) is 43.9 Å². The molecule has 0 amide bonds. The Bertz CT molecular complexity index is 523. The number of hydrogen-bond acceptors (Lipinski definition) is 1. The molecule has 1 aromatic rings.